The highest BCUT2D eigenvalue weighted by molar-refractivity contribution is 5.85. The lowest BCUT2D eigenvalue weighted by atomic mass is 9.84. The lowest BCUT2D eigenvalue weighted by Crippen LogP contribution is -2.33. The van der Waals surface area contributed by atoms with Crippen molar-refractivity contribution in [2.45, 2.75) is 52.5 Å². The number of hydrogen-bond acceptors (Lipinski definition) is 4. The molecule has 1 fully saturated rings. The highest BCUT2D eigenvalue weighted by atomic mass is 35.5. The van der Waals surface area contributed by atoms with E-state index in [9.17, 15) is 4.79 Å². The summed E-state index contributed by atoms with van der Waals surface area (Å²) in [5.41, 5.74) is 1.02. The van der Waals surface area contributed by atoms with Gasteiger partial charge in [0.1, 0.15) is 0 Å². The maximum atomic E-state index is 12.3. The Morgan fingerprint density at radius 2 is 2.04 bits per heavy atom. The number of hydrogen-bond donors (Lipinski definition) is 2. The first-order valence-corrected chi connectivity index (χ1v) is 9.91. The van der Waals surface area contributed by atoms with E-state index in [0.717, 1.165) is 43.0 Å². The molecule has 1 unspecified atom stereocenters. The summed E-state index contributed by atoms with van der Waals surface area (Å²) in [6, 6.07) is 5.85. The third kappa shape index (κ3) is 7.97. The van der Waals surface area contributed by atoms with E-state index in [1.807, 2.05) is 18.2 Å². The van der Waals surface area contributed by atoms with Crippen molar-refractivity contribution in [3.05, 3.63) is 23.8 Å². The number of amides is 1. The largest absolute Gasteiger partial charge is 0.493 e. The molecule has 154 valence electrons. The zero-order valence-corrected chi connectivity index (χ0v) is 17.7. The first-order valence-electron chi connectivity index (χ1n) is 9.91. The topological polar surface area (TPSA) is 59.6 Å². The minimum atomic E-state index is 0. The number of carbonyl (C=O) groups is 1. The van der Waals surface area contributed by atoms with Gasteiger partial charge in [-0.15, -0.1) is 12.4 Å². The van der Waals surface area contributed by atoms with Gasteiger partial charge in [-0.05, 0) is 61.9 Å². The summed E-state index contributed by atoms with van der Waals surface area (Å²) >= 11 is 0. The lowest BCUT2D eigenvalue weighted by Gasteiger charge is -2.27. The predicted molar refractivity (Wildman–Crippen MR) is 112 cm³/mol. The van der Waals surface area contributed by atoms with Crippen LogP contribution in [0.3, 0.4) is 0 Å². The standard InChI is InChI=1S/C21H34N2O3.ClH/c1-4-5-12-26-19-7-6-17(14-20(19)25-3)15-23-21(24)13-16(2)18-8-10-22-11-9-18;/h6-7,14,16,18,22H,4-5,8-13,15H2,1-3H3,(H,23,24);1H. The molecule has 6 heteroatoms. The average molecular weight is 399 g/mol. The number of ether oxygens (including phenoxy) is 2. The van der Waals surface area contributed by atoms with Gasteiger partial charge in [0.15, 0.2) is 11.5 Å². The van der Waals surface area contributed by atoms with Crippen LogP contribution in [-0.4, -0.2) is 32.7 Å². The van der Waals surface area contributed by atoms with Gasteiger partial charge in [0.05, 0.1) is 13.7 Å². The van der Waals surface area contributed by atoms with Gasteiger partial charge in [-0.1, -0.05) is 26.3 Å². The number of nitrogens with one attached hydrogen (secondary N) is 2. The van der Waals surface area contributed by atoms with Gasteiger partial charge in [-0.3, -0.25) is 4.79 Å². The van der Waals surface area contributed by atoms with E-state index < -0.39 is 0 Å². The molecule has 1 heterocycles. The number of benzene rings is 1. The van der Waals surface area contributed by atoms with Crippen LogP contribution in [0.25, 0.3) is 0 Å². The molecule has 0 radical (unpaired) electrons. The molecule has 2 N–H and O–H groups in total. The van der Waals surface area contributed by atoms with Crippen molar-refractivity contribution in [2.24, 2.45) is 11.8 Å². The summed E-state index contributed by atoms with van der Waals surface area (Å²) in [6.07, 6.45) is 5.06. The Balaban J connectivity index is 0.00000364. The fourth-order valence-corrected chi connectivity index (χ4v) is 3.41. The fourth-order valence-electron chi connectivity index (χ4n) is 3.41. The molecule has 1 aromatic carbocycles. The zero-order valence-electron chi connectivity index (χ0n) is 16.9. The Hall–Kier alpha value is -1.46. The first kappa shape index (κ1) is 23.6. The van der Waals surface area contributed by atoms with Crippen LogP contribution in [0.15, 0.2) is 18.2 Å². The van der Waals surface area contributed by atoms with E-state index in [4.69, 9.17) is 9.47 Å². The molecule has 0 aromatic heterocycles. The second-order valence-electron chi connectivity index (χ2n) is 7.23. The summed E-state index contributed by atoms with van der Waals surface area (Å²) in [6.45, 7) is 7.69. The summed E-state index contributed by atoms with van der Waals surface area (Å²) in [4.78, 5) is 12.3. The number of carbonyl (C=O) groups excluding carboxylic acids is 1. The van der Waals surface area contributed by atoms with Gasteiger partial charge in [0.25, 0.3) is 0 Å². The first-order chi connectivity index (χ1) is 12.6. The predicted octanol–water partition coefficient (Wildman–Crippen LogP) is 3.94. The molecule has 1 atom stereocenters. The van der Waals surface area contributed by atoms with E-state index in [2.05, 4.69) is 24.5 Å². The van der Waals surface area contributed by atoms with E-state index in [1.165, 1.54) is 12.8 Å². The van der Waals surface area contributed by atoms with Gasteiger partial charge in [0, 0.05) is 13.0 Å². The Bertz CT molecular complexity index is 562. The fraction of sp³-hybridized carbons (Fsp3) is 0.667. The van der Waals surface area contributed by atoms with Crippen molar-refractivity contribution >= 4 is 18.3 Å². The van der Waals surface area contributed by atoms with Gasteiger partial charge in [-0.2, -0.15) is 0 Å². The van der Waals surface area contributed by atoms with Crippen molar-refractivity contribution in [1.29, 1.82) is 0 Å². The van der Waals surface area contributed by atoms with E-state index >= 15 is 0 Å². The van der Waals surface area contributed by atoms with Crippen LogP contribution >= 0.6 is 12.4 Å². The number of rotatable bonds is 10. The lowest BCUT2D eigenvalue weighted by molar-refractivity contribution is -0.122. The monoisotopic (exact) mass is 398 g/mol. The molecular formula is C21H35ClN2O3. The second-order valence-corrected chi connectivity index (χ2v) is 7.23. The average Bonchev–Trinajstić information content (AvgIpc) is 2.67. The molecule has 1 aromatic rings. The molecule has 1 amide bonds. The molecular weight excluding hydrogens is 364 g/mol. The summed E-state index contributed by atoms with van der Waals surface area (Å²) in [5, 5.41) is 6.42. The SMILES string of the molecule is CCCCOc1ccc(CNC(=O)CC(C)C2CCNCC2)cc1OC.Cl. The van der Waals surface area contributed by atoms with Crippen LogP contribution in [0, 0.1) is 11.8 Å². The van der Waals surface area contributed by atoms with Gasteiger partial charge >= 0.3 is 0 Å². The van der Waals surface area contributed by atoms with Crippen molar-refractivity contribution in [3.63, 3.8) is 0 Å². The highest BCUT2D eigenvalue weighted by Gasteiger charge is 2.21. The molecule has 1 aliphatic heterocycles. The Morgan fingerprint density at radius 1 is 1.30 bits per heavy atom. The zero-order chi connectivity index (χ0) is 18.8. The molecule has 1 aliphatic rings. The Labute approximate surface area is 170 Å². The minimum Gasteiger partial charge on any atom is -0.493 e. The summed E-state index contributed by atoms with van der Waals surface area (Å²) in [7, 11) is 1.64. The van der Waals surface area contributed by atoms with Gasteiger partial charge < -0.3 is 20.1 Å². The summed E-state index contributed by atoms with van der Waals surface area (Å²) in [5.74, 6) is 2.69. The molecule has 0 spiro atoms. The molecule has 1 saturated heterocycles. The molecule has 5 nitrogen and oxygen atoms in total. The maximum absolute atomic E-state index is 12.3. The smallest absolute Gasteiger partial charge is 0.220 e. The third-order valence-corrected chi connectivity index (χ3v) is 5.17. The van der Waals surface area contributed by atoms with Gasteiger partial charge in [0.2, 0.25) is 5.91 Å². The molecule has 2 rings (SSSR count). The van der Waals surface area contributed by atoms with E-state index in [-0.39, 0.29) is 18.3 Å². The van der Waals surface area contributed by atoms with Crippen molar-refractivity contribution < 1.29 is 14.3 Å². The molecule has 0 bridgehead atoms. The third-order valence-electron chi connectivity index (χ3n) is 5.17. The van der Waals surface area contributed by atoms with Crippen molar-refractivity contribution in [2.75, 3.05) is 26.8 Å². The van der Waals surface area contributed by atoms with Crippen molar-refractivity contribution in [3.8, 4) is 11.5 Å². The van der Waals surface area contributed by atoms with Crippen molar-refractivity contribution in [1.82, 2.24) is 10.6 Å². The summed E-state index contributed by atoms with van der Waals surface area (Å²) < 4.78 is 11.2. The number of halogens is 1. The highest BCUT2D eigenvalue weighted by Crippen LogP contribution is 2.28. The second kappa shape index (κ2) is 12.8. The van der Waals surface area contributed by atoms with E-state index in [1.54, 1.807) is 7.11 Å². The number of methoxy groups -OCH3 is 1. The minimum absolute atomic E-state index is 0. The quantitative estimate of drug-likeness (QED) is 0.586. The molecule has 0 aliphatic carbocycles. The Morgan fingerprint density at radius 3 is 2.70 bits per heavy atom. The Kier molecular flexibility index (Phi) is 11.2. The number of piperidine rings is 1. The molecule has 27 heavy (non-hydrogen) atoms. The van der Waals surface area contributed by atoms with Crippen LogP contribution in [0.5, 0.6) is 11.5 Å². The normalized spacial score (nSPS) is 15.5. The van der Waals surface area contributed by atoms with Crippen LogP contribution in [0.1, 0.15) is 51.5 Å². The van der Waals surface area contributed by atoms with E-state index in [0.29, 0.717) is 31.4 Å². The van der Waals surface area contributed by atoms with Crippen LogP contribution in [0.4, 0.5) is 0 Å². The van der Waals surface area contributed by atoms with Crippen LogP contribution < -0.4 is 20.1 Å². The molecule has 0 saturated carbocycles. The van der Waals surface area contributed by atoms with Crippen LogP contribution in [-0.2, 0) is 11.3 Å². The maximum Gasteiger partial charge on any atom is 0.220 e. The van der Waals surface area contributed by atoms with Gasteiger partial charge in [-0.25, -0.2) is 0 Å². The number of unbranched alkanes of at least 4 members (excludes halogenated alkanes) is 1. The van der Waals surface area contributed by atoms with Crippen LogP contribution in [0.2, 0.25) is 0 Å².